The number of benzene rings is 2. The molecule has 0 unspecified atom stereocenters. The molecule has 0 amide bonds. The Hall–Kier alpha value is -2.99. The Morgan fingerprint density at radius 1 is 1.10 bits per heavy atom. The Balaban J connectivity index is 1.43. The van der Waals surface area contributed by atoms with Crippen LogP contribution in [-0.4, -0.2) is 28.8 Å². The molecular weight excluding hydrogens is 367 g/mol. The minimum Gasteiger partial charge on any atom is -0.389 e. The summed E-state index contributed by atoms with van der Waals surface area (Å²) >= 11 is 0. The molecule has 0 bridgehead atoms. The molecule has 0 spiro atoms. The third-order valence-electron chi connectivity index (χ3n) is 5.26. The smallest absolute Gasteiger partial charge is 0.170 e. The molecule has 29 heavy (non-hydrogen) atoms. The lowest BCUT2D eigenvalue weighted by atomic mass is 10.1. The fourth-order valence-corrected chi connectivity index (χ4v) is 3.74. The highest BCUT2D eigenvalue weighted by atomic mass is 19.1. The molecule has 1 aliphatic heterocycles. The Bertz CT molecular complexity index is 1010. The number of oxime groups is 1. The van der Waals surface area contributed by atoms with E-state index in [-0.39, 0.29) is 12.4 Å². The second kappa shape index (κ2) is 9.01. The predicted molar refractivity (Wildman–Crippen MR) is 113 cm³/mol. The molecule has 3 aromatic rings. The van der Waals surface area contributed by atoms with E-state index in [1.807, 2.05) is 12.1 Å². The first-order valence-corrected chi connectivity index (χ1v) is 10.00. The van der Waals surface area contributed by atoms with E-state index in [0.29, 0.717) is 16.7 Å². The van der Waals surface area contributed by atoms with Gasteiger partial charge in [0.05, 0.1) is 5.52 Å². The van der Waals surface area contributed by atoms with Crippen molar-refractivity contribution in [3.8, 4) is 0 Å². The van der Waals surface area contributed by atoms with Gasteiger partial charge in [-0.25, -0.2) is 4.39 Å². The first kappa shape index (κ1) is 19.3. The highest BCUT2D eigenvalue weighted by Gasteiger charge is 2.11. The topological polar surface area (TPSA) is 63.7 Å². The van der Waals surface area contributed by atoms with Gasteiger partial charge in [-0.15, -0.1) is 0 Å². The fourth-order valence-electron chi connectivity index (χ4n) is 3.74. The number of pyridine rings is 1. The summed E-state index contributed by atoms with van der Waals surface area (Å²) in [5.74, 6) is 0.0234. The highest BCUT2D eigenvalue weighted by Crippen LogP contribution is 2.20. The number of halogens is 1. The van der Waals surface area contributed by atoms with E-state index in [0.717, 1.165) is 30.8 Å². The molecule has 2 N–H and O–H groups in total. The molecule has 0 atom stereocenters. The zero-order chi connectivity index (χ0) is 20.1. The van der Waals surface area contributed by atoms with Gasteiger partial charge in [0, 0.05) is 29.3 Å². The van der Waals surface area contributed by atoms with Crippen LogP contribution in [0.1, 0.15) is 36.0 Å². The average Bonchev–Trinajstić information content (AvgIpc) is 2.76. The first-order chi connectivity index (χ1) is 14.2. The summed E-state index contributed by atoms with van der Waals surface area (Å²) in [5.41, 5.74) is 9.52. The van der Waals surface area contributed by atoms with Gasteiger partial charge in [0.2, 0.25) is 0 Å². The van der Waals surface area contributed by atoms with Crippen LogP contribution in [0.3, 0.4) is 0 Å². The lowest BCUT2D eigenvalue weighted by molar-refractivity contribution is 0.131. The Morgan fingerprint density at radius 2 is 1.97 bits per heavy atom. The van der Waals surface area contributed by atoms with E-state index >= 15 is 0 Å². The molecule has 1 aromatic heterocycles. The maximum atomic E-state index is 13.9. The van der Waals surface area contributed by atoms with Crippen LogP contribution in [0.4, 0.5) is 4.39 Å². The van der Waals surface area contributed by atoms with Gasteiger partial charge in [-0.3, -0.25) is 9.88 Å². The summed E-state index contributed by atoms with van der Waals surface area (Å²) in [5, 5.41) is 4.53. The largest absolute Gasteiger partial charge is 0.389 e. The van der Waals surface area contributed by atoms with Gasteiger partial charge in [0.15, 0.2) is 5.84 Å². The second-order valence-corrected chi connectivity index (χ2v) is 7.39. The van der Waals surface area contributed by atoms with Gasteiger partial charge < -0.3 is 10.6 Å². The van der Waals surface area contributed by atoms with Gasteiger partial charge in [-0.1, -0.05) is 35.8 Å². The van der Waals surface area contributed by atoms with Crippen LogP contribution >= 0.6 is 0 Å². The van der Waals surface area contributed by atoms with Crippen molar-refractivity contribution in [2.45, 2.75) is 32.4 Å². The number of likely N-dealkylation sites (tertiary alicyclic amines) is 1. The van der Waals surface area contributed by atoms with Crippen molar-refractivity contribution < 1.29 is 9.23 Å². The first-order valence-electron chi connectivity index (χ1n) is 10.00. The van der Waals surface area contributed by atoms with Crippen LogP contribution in [0.25, 0.3) is 10.9 Å². The quantitative estimate of drug-likeness (QED) is 0.388. The molecule has 1 aliphatic rings. The molecule has 0 aliphatic carbocycles. The summed E-state index contributed by atoms with van der Waals surface area (Å²) in [4.78, 5) is 12.2. The third-order valence-corrected chi connectivity index (χ3v) is 5.26. The molecule has 4 rings (SSSR count). The van der Waals surface area contributed by atoms with E-state index in [2.05, 4.69) is 27.2 Å². The molecule has 150 valence electrons. The third kappa shape index (κ3) is 4.71. The highest BCUT2D eigenvalue weighted by molar-refractivity contribution is 5.97. The Kier molecular flexibility index (Phi) is 6.00. The summed E-state index contributed by atoms with van der Waals surface area (Å²) in [7, 11) is 0. The predicted octanol–water partition coefficient (Wildman–Crippen LogP) is 4.20. The molecule has 2 aromatic carbocycles. The van der Waals surface area contributed by atoms with Gasteiger partial charge in [0.25, 0.3) is 0 Å². The zero-order valence-electron chi connectivity index (χ0n) is 16.4. The van der Waals surface area contributed by atoms with Crippen LogP contribution in [-0.2, 0) is 18.0 Å². The van der Waals surface area contributed by atoms with Gasteiger partial charge in [-0.05, 0) is 55.8 Å². The van der Waals surface area contributed by atoms with Crippen molar-refractivity contribution in [3.05, 3.63) is 77.2 Å². The molecule has 5 nitrogen and oxygen atoms in total. The lowest BCUT2D eigenvalue weighted by Crippen LogP contribution is -2.29. The zero-order valence-corrected chi connectivity index (χ0v) is 16.4. The van der Waals surface area contributed by atoms with Crippen LogP contribution < -0.4 is 5.73 Å². The number of fused-ring (bicyclic) bond motifs is 1. The molecule has 1 saturated heterocycles. The maximum absolute atomic E-state index is 13.9. The summed E-state index contributed by atoms with van der Waals surface area (Å²) in [6, 6.07) is 14.6. The van der Waals surface area contributed by atoms with Crippen LogP contribution in [0, 0.1) is 5.82 Å². The van der Waals surface area contributed by atoms with Gasteiger partial charge in [-0.2, -0.15) is 0 Å². The average molecular weight is 392 g/mol. The number of rotatable bonds is 6. The van der Waals surface area contributed by atoms with Crippen molar-refractivity contribution in [3.63, 3.8) is 0 Å². The number of piperidine rings is 1. The van der Waals surface area contributed by atoms with Gasteiger partial charge >= 0.3 is 0 Å². The van der Waals surface area contributed by atoms with Crippen LogP contribution in [0.15, 0.2) is 59.9 Å². The van der Waals surface area contributed by atoms with Crippen LogP contribution in [0.2, 0.25) is 0 Å². The van der Waals surface area contributed by atoms with Gasteiger partial charge in [0.1, 0.15) is 12.4 Å². The molecule has 1 fully saturated rings. The number of nitrogens with two attached hydrogens (primary N) is 1. The standard InChI is InChI=1S/C23H25FN4O/c24-21-10-9-19(22-20(21)8-5-11-26-22)16-29-27-23(25)18-7-4-6-17(14-18)15-28-12-2-1-3-13-28/h4-11,14H,1-3,12-13,15-16H2,(H2,25,27). The fraction of sp³-hybridized carbons (Fsp3) is 0.304. The molecule has 2 heterocycles. The molecular formula is C23H25FN4O. The Labute approximate surface area is 170 Å². The number of aromatic nitrogens is 1. The second-order valence-electron chi connectivity index (χ2n) is 7.39. The molecule has 6 heteroatoms. The number of hydrogen-bond acceptors (Lipinski definition) is 4. The van der Waals surface area contributed by atoms with E-state index < -0.39 is 0 Å². The normalized spacial score (nSPS) is 15.6. The maximum Gasteiger partial charge on any atom is 0.170 e. The van der Waals surface area contributed by atoms with E-state index in [1.165, 1.54) is 30.9 Å². The number of nitrogens with zero attached hydrogens (tertiary/aromatic N) is 3. The number of amidine groups is 1. The number of hydrogen-bond donors (Lipinski definition) is 1. The van der Waals surface area contributed by atoms with Crippen molar-refractivity contribution >= 4 is 16.7 Å². The van der Waals surface area contributed by atoms with Crippen molar-refractivity contribution in [1.29, 1.82) is 0 Å². The summed E-state index contributed by atoms with van der Waals surface area (Å²) < 4.78 is 13.9. The summed E-state index contributed by atoms with van der Waals surface area (Å²) in [6.07, 6.45) is 5.50. The van der Waals surface area contributed by atoms with E-state index in [9.17, 15) is 4.39 Å². The van der Waals surface area contributed by atoms with Crippen molar-refractivity contribution in [1.82, 2.24) is 9.88 Å². The SMILES string of the molecule is N/C(=N\OCc1ccc(F)c2cccnc12)c1cccc(CN2CCCCC2)c1. The Morgan fingerprint density at radius 3 is 2.83 bits per heavy atom. The lowest BCUT2D eigenvalue weighted by Gasteiger charge is -2.26. The van der Waals surface area contributed by atoms with E-state index in [4.69, 9.17) is 10.6 Å². The molecule has 0 radical (unpaired) electrons. The minimum absolute atomic E-state index is 0.169. The monoisotopic (exact) mass is 392 g/mol. The van der Waals surface area contributed by atoms with E-state index in [1.54, 1.807) is 24.4 Å². The van der Waals surface area contributed by atoms with Crippen molar-refractivity contribution in [2.75, 3.05) is 13.1 Å². The molecule has 0 saturated carbocycles. The summed E-state index contributed by atoms with van der Waals surface area (Å²) in [6.45, 7) is 3.39. The van der Waals surface area contributed by atoms with Crippen molar-refractivity contribution in [2.24, 2.45) is 10.9 Å². The minimum atomic E-state index is -0.301. The van der Waals surface area contributed by atoms with Crippen LogP contribution in [0.5, 0.6) is 0 Å².